The standard InChI is InChI=1S/C17H18BrN3/c1-17(2,3)16-20-13-10-11(19)8-9-15(13)21(16)14-7-5-4-6-12(14)18/h4-10H,19H2,1-3H3. The monoisotopic (exact) mass is 343 g/mol. The van der Waals surface area contributed by atoms with Crippen LogP contribution in [0.5, 0.6) is 0 Å². The largest absolute Gasteiger partial charge is 0.399 e. The van der Waals surface area contributed by atoms with E-state index in [-0.39, 0.29) is 5.41 Å². The van der Waals surface area contributed by atoms with Crippen molar-refractivity contribution in [3.8, 4) is 5.69 Å². The minimum Gasteiger partial charge on any atom is -0.399 e. The van der Waals surface area contributed by atoms with Gasteiger partial charge in [-0.3, -0.25) is 4.57 Å². The molecule has 2 aromatic carbocycles. The first-order valence-electron chi connectivity index (χ1n) is 6.91. The van der Waals surface area contributed by atoms with Crippen LogP contribution in [0.4, 0.5) is 5.69 Å². The molecule has 4 heteroatoms. The molecule has 0 atom stereocenters. The number of halogens is 1. The van der Waals surface area contributed by atoms with Crippen LogP contribution >= 0.6 is 15.9 Å². The number of aromatic nitrogens is 2. The van der Waals surface area contributed by atoms with E-state index in [1.54, 1.807) is 0 Å². The zero-order valence-electron chi connectivity index (χ0n) is 12.4. The molecule has 2 N–H and O–H groups in total. The van der Waals surface area contributed by atoms with Gasteiger partial charge in [-0.2, -0.15) is 0 Å². The molecule has 0 bridgehead atoms. The van der Waals surface area contributed by atoms with Gasteiger partial charge in [-0.05, 0) is 46.3 Å². The summed E-state index contributed by atoms with van der Waals surface area (Å²) in [5.41, 5.74) is 9.66. The Balaban J connectivity index is 2.42. The summed E-state index contributed by atoms with van der Waals surface area (Å²) in [5.74, 6) is 1.02. The van der Waals surface area contributed by atoms with Gasteiger partial charge < -0.3 is 5.73 Å². The van der Waals surface area contributed by atoms with Crippen LogP contribution in [0, 0.1) is 0 Å². The lowest BCUT2D eigenvalue weighted by Crippen LogP contribution is -2.18. The molecule has 0 aliphatic rings. The third kappa shape index (κ3) is 2.44. The maximum absolute atomic E-state index is 5.90. The number of anilines is 1. The van der Waals surface area contributed by atoms with Crippen molar-refractivity contribution in [1.82, 2.24) is 9.55 Å². The SMILES string of the molecule is CC(C)(C)c1nc2cc(N)ccc2n1-c1ccccc1Br. The highest BCUT2D eigenvalue weighted by molar-refractivity contribution is 9.10. The van der Waals surface area contributed by atoms with Crippen LogP contribution in [-0.2, 0) is 5.41 Å². The summed E-state index contributed by atoms with van der Waals surface area (Å²) in [5, 5.41) is 0. The zero-order valence-corrected chi connectivity index (χ0v) is 14.0. The number of nitrogen functional groups attached to an aromatic ring is 1. The zero-order chi connectivity index (χ0) is 15.2. The molecule has 3 nitrogen and oxygen atoms in total. The predicted octanol–water partition coefficient (Wildman–Crippen LogP) is 4.67. The number of fused-ring (bicyclic) bond motifs is 1. The molecule has 0 aliphatic heterocycles. The smallest absolute Gasteiger partial charge is 0.119 e. The third-order valence-electron chi connectivity index (χ3n) is 3.44. The second kappa shape index (κ2) is 4.88. The van der Waals surface area contributed by atoms with Crippen molar-refractivity contribution in [1.29, 1.82) is 0 Å². The summed E-state index contributed by atoms with van der Waals surface area (Å²) in [7, 11) is 0. The van der Waals surface area contributed by atoms with E-state index in [1.165, 1.54) is 0 Å². The van der Waals surface area contributed by atoms with Gasteiger partial charge >= 0.3 is 0 Å². The van der Waals surface area contributed by atoms with Crippen LogP contribution in [0.1, 0.15) is 26.6 Å². The molecule has 3 aromatic rings. The molecule has 108 valence electrons. The number of benzene rings is 2. The van der Waals surface area contributed by atoms with Gasteiger partial charge in [0, 0.05) is 15.6 Å². The lowest BCUT2D eigenvalue weighted by atomic mass is 9.95. The highest BCUT2D eigenvalue weighted by Crippen LogP contribution is 2.33. The molecule has 0 saturated heterocycles. The number of nitrogens with zero attached hydrogens (tertiary/aromatic N) is 2. The van der Waals surface area contributed by atoms with Crippen molar-refractivity contribution in [2.75, 3.05) is 5.73 Å². The van der Waals surface area contributed by atoms with Gasteiger partial charge in [0.1, 0.15) is 5.82 Å². The van der Waals surface area contributed by atoms with Gasteiger partial charge in [0.25, 0.3) is 0 Å². The predicted molar refractivity (Wildman–Crippen MR) is 91.9 cm³/mol. The molecule has 0 fully saturated rings. The van der Waals surface area contributed by atoms with Crippen LogP contribution in [0.2, 0.25) is 0 Å². The number of rotatable bonds is 1. The Morgan fingerprint density at radius 2 is 1.81 bits per heavy atom. The topological polar surface area (TPSA) is 43.8 Å². The van der Waals surface area contributed by atoms with Gasteiger partial charge in [-0.1, -0.05) is 32.9 Å². The maximum atomic E-state index is 5.90. The molecule has 3 rings (SSSR count). The summed E-state index contributed by atoms with van der Waals surface area (Å²) in [6.07, 6.45) is 0. The number of imidazole rings is 1. The fourth-order valence-corrected chi connectivity index (χ4v) is 2.94. The van der Waals surface area contributed by atoms with E-state index >= 15 is 0 Å². The quantitative estimate of drug-likeness (QED) is 0.652. The maximum Gasteiger partial charge on any atom is 0.119 e. The van der Waals surface area contributed by atoms with E-state index in [2.05, 4.69) is 47.3 Å². The fraction of sp³-hybridized carbons (Fsp3) is 0.235. The highest BCUT2D eigenvalue weighted by atomic mass is 79.9. The van der Waals surface area contributed by atoms with E-state index < -0.39 is 0 Å². The van der Waals surface area contributed by atoms with Crippen molar-refractivity contribution < 1.29 is 0 Å². The lowest BCUT2D eigenvalue weighted by molar-refractivity contribution is 0.539. The number of hydrogen-bond acceptors (Lipinski definition) is 2. The van der Waals surface area contributed by atoms with Crippen molar-refractivity contribution in [3.05, 3.63) is 52.8 Å². The molecule has 0 amide bonds. The normalized spacial score (nSPS) is 12.0. The van der Waals surface area contributed by atoms with Crippen molar-refractivity contribution in [2.45, 2.75) is 26.2 Å². The number of hydrogen-bond donors (Lipinski definition) is 1. The summed E-state index contributed by atoms with van der Waals surface area (Å²) in [6.45, 7) is 6.51. The second-order valence-electron chi connectivity index (χ2n) is 6.22. The third-order valence-corrected chi connectivity index (χ3v) is 4.11. The Kier molecular flexibility index (Phi) is 3.29. The molecule has 0 unspecified atom stereocenters. The molecule has 0 saturated carbocycles. The molecule has 0 spiro atoms. The van der Waals surface area contributed by atoms with Crippen LogP contribution in [-0.4, -0.2) is 9.55 Å². The minimum atomic E-state index is -0.0664. The first kappa shape index (κ1) is 14.1. The average molecular weight is 344 g/mol. The van der Waals surface area contributed by atoms with Crippen LogP contribution < -0.4 is 5.73 Å². The van der Waals surface area contributed by atoms with Crippen LogP contribution in [0.25, 0.3) is 16.7 Å². The Morgan fingerprint density at radius 3 is 2.48 bits per heavy atom. The van der Waals surface area contributed by atoms with Gasteiger partial charge in [0.15, 0.2) is 0 Å². The van der Waals surface area contributed by atoms with E-state index in [9.17, 15) is 0 Å². The molecule has 1 heterocycles. The highest BCUT2D eigenvalue weighted by Gasteiger charge is 2.24. The van der Waals surface area contributed by atoms with Crippen molar-refractivity contribution >= 4 is 32.7 Å². The molecular formula is C17H18BrN3. The van der Waals surface area contributed by atoms with Gasteiger partial charge in [0.2, 0.25) is 0 Å². The van der Waals surface area contributed by atoms with E-state index in [0.717, 1.165) is 32.7 Å². The van der Waals surface area contributed by atoms with Crippen LogP contribution in [0.15, 0.2) is 46.9 Å². The molecular weight excluding hydrogens is 326 g/mol. The average Bonchev–Trinajstić information content (AvgIpc) is 2.77. The first-order chi connectivity index (χ1) is 9.88. The molecule has 0 radical (unpaired) electrons. The lowest BCUT2D eigenvalue weighted by Gasteiger charge is -2.21. The molecule has 0 aliphatic carbocycles. The summed E-state index contributed by atoms with van der Waals surface area (Å²) in [4.78, 5) is 4.82. The van der Waals surface area contributed by atoms with Gasteiger partial charge in [0.05, 0.1) is 16.7 Å². The fourth-order valence-electron chi connectivity index (χ4n) is 2.48. The molecule has 21 heavy (non-hydrogen) atoms. The molecule has 1 aromatic heterocycles. The Morgan fingerprint density at radius 1 is 1.10 bits per heavy atom. The number of nitrogens with two attached hydrogens (primary N) is 1. The summed E-state index contributed by atoms with van der Waals surface area (Å²) < 4.78 is 3.26. The Hall–Kier alpha value is -1.81. The van der Waals surface area contributed by atoms with Crippen LogP contribution in [0.3, 0.4) is 0 Å². The van der Waals surface area contributed by atoms with E-state index in [4.69, 9.17) is 10.7 Å². The Labute approximate surface area is 132 Å². The second-order valence-corrected chi connectivity index (χ2v) is 7.07. The summed E-state index contributed by atoms with van der Waals surface area (Å²) >= 11 is 3.65. The Bertz CT molecular complexity index is 813. The summed E-state index contributed by atoms with van der Waals surface area (Å²) in [6, 6.07) is 14.1. The van der Waals surface area contributed by atoms with E-state index in [1.807, 2.05) is 36.4 Å². The number of para-hydroxylation sites is 1. The van der Waals surface area contributed by atoms with E-state index in [0.29, 0.717) is 0 Å². The first-order valence-corrected chi connectivity index (χ1v) is 7.70. The van der Waals surface area contributed by atoms with Crippen molar-refractivity contribution in [3.63, 3.8) is 0 Å². The van der Waals surface area contributed by atoms with Gasteiger partial charge in [-0.25, -0.2) is 4.98 Å². The minimum absolute atomic E-state index is 0.0664. The van der Waals surface area contributed by atoms with Gasteiger partial charge in [-0.15, -0.1) is 0 Å². The van der Waals surface area contributed by atoms with Crippen molar-refractivity contribution in [2.24, 2.45) is 0 Å².